The van der Waals surface area contributed by atoms with E-state index < -0.39 is 5.91 Å². The van der Waals surface area contributed by atoms with E-state index in [2.05, 4.69) is 36.3 Å². The first kappa shape index (κ1) is 19.6. The fourth-order valence-corrected chi connectivity index (χ4v) is 4.76. The number of halogens is 1. The summed E-state index contributed by atoms with van der Waals surface area (Å²) < 4.78 is 0.861. The number of benzene rings is 1. The molecule has 2 N–H and O–H groups in total. The molecule has 0 aliphatic carbocycles. The fourth-order valence-electron chi connectivity index (χ4n) is 2.96. The normalized spacial score (nSPS) is 16.4. The molecule has 0 bridgehead atoms. The lowest BCUT2D eigenvalue weighted by Gasteiger charge is -2.25. The summed E-state index contributed by atoms with van der Waals surface area (Å²) in [7, 11) is 0. The molecule has 1 aliphatic heterocycles. The van der Waals surface area contributed by atoms with Gasteiger partial charge in [0, 0.05) is 29.1 Å². The number of aromatic amines is 1. The van der Waals surface area contributed by atoms with E-state index in [1.54, 1.807) is 18.3 Å². The van der Waals surface area contributed by atoms with E-state index in [0.717, 1.165) is 10.0 Å². The van der Waals surface area contributed by atoms with Gasteiger partial charge in [-0.2, -0.15) is 0 Å². The molecule has 1 saturated heterocycles. The van der Waals surface area contributed by atoms with Gasteiger partial charge in [0.2, 0.25) is 5.91 Å². The zero-order valence-corrected chi connectivity index (χ0v) is 17.5. The molecule has 29 heavy (non-hydrogen) atoms. The Kier molecular flexibility index (Phi) is 5.63. The van der Waals surface area contributed by atoms with Crippen molar-refractivity contribution in [1.29, 1.82) is 0 Å². The minimum absolute atomic E-state index is 0.0273. The number of nitrogens with one attached hydrogen (secondary N) is 2. The monoisotopic (exact) mass is 473 g/mol. The average Bonchev–Trinajstić information content (AvgIpc) is 3.31. The number of carbonyl (C=O) groups is 3. The third-order valence-corrected chi connectivity index (χ3v) is 6.30. The van der Waals surface area contributed by atoms with E-state index in [0.29, 0.717) is 11.2 Å². The van der Waals surface area contributed by atoms with Crippen LogP contribution in [-0.4, -0.2) is 43.3 Å². The summed E-state index contributed by atoms with van der Waals surface area (Å²) in [5, 5.41) is 1.02. The molecule has 4 rings (SSSR count). The van der Waals surface area contributed by atoms with Gasteiger partial charge in [0.1, 0.15) is 5.37 Å². The SMILES string of the molecule is O=C(CCC(=O)c1nc2ncccc2[nH]1)NN1C(=O)CSC1c1ccccc1Br. The Labute approximate surface area is 178 Å². The highest BCUT2D eigenvalue weighted by Crippen LogP contribution is 2.40. The molecule has 1 atom stereocenters. The van der Waals surface area contributed by atoms with Gasteiger partial charge in [-0.05, 0) is 18.2 Å². The molecule has 3 heterocycles. The predicted molar refractivity (Wildman–Crippen MR) is 112 cm³/mol. The lowest BCUT2D eigenvalue weighted by atomic mass is 10.2. The van der Waals surface area contributed by atoms with Gasteiger partial charge in [-0.1, -0.05) is 34.1 Å². The molecule has 2 amide bonds. The predicted octanol–water partition coefficient (Wildman–Crippen LogP) is 2.99. The van der Waals surface area contributed by atoms with Crippen LogP contribution in [0.25, 0.3) is 11.2 Å². The fraction of sp³-hybridized carbons (Fsp3) is 0.211. The van der Waals surface area contributed by atoms with Gasteiger partial charge in [0.15, 0.2) is 17.3 Å². The van der Waals surface area contributed by atoms with E-state index >= 15 is 0 Å². The number of nitrogens with zero attached hydrogens (tertiary/aromatic N) is 3. The van der Waals surface area contributed by atoms with E-state index in [1.165, 1.54) is 16.8 Å². The second-order valence-electron chi connectivity index (χ2n) is 6.37. The Morgan fingerprint density at radius 3 is 2.86 bits per heavy atom. The van der Waals surface area contributed by atoms with Gasteiger partial charge in [0.25, 0.3) is 5.91 Å². The van der Waals surface area contributed by atoms with Crippen molar-refractivity contribution in [3.8, 4) is 0 Å². The number of H-pyrrole nitrogens is 1. The van der Waals surface area contributed by atoms with E-state index in [9.17, 15) is 14.4 Å². The number of thioether (sulfide) groups is 1. The Morgan fingerprint density at radius 1 is 1.24 bits per heavy atom. The van der Waals surface area contributed by atoms with Crippen LogP contribution in [-0.2, 0) is 9.59 Å². The summed E-state index contributed by atoms with van der Waals surface area (Å²) in [5.41, 5.74) is 4.66. The van der Waals surface area contributed by atoms with Gasteiger partial charge >= 0.3 is 0 Å². The van der Waals surface area contributed by atoms with Gasteiger partial charge in [-0.25, -0.2) is 15.0 Å². The standard InChI is InChI=1S/C19H16BrN5O3S/c20-12-5-2-1-4-11(12)19-25(16(28)10-29-19)24-15(27)8-7-14(26)18-22-13-6-3-9-21-17(13)23-18/h1-6,9,19H,7-8,10H2,(H,24,27)(H,21,22,23). The first-order chi connectivity index (χ1) is 14.0. The van der Waals surface area contributed by atoms with Crippen LogP contribution in [0.4, 0.5) is 0 Å². The van der Waals surface area contributed by atoms with Crippen molar-refractivity contribution in [2.45, 2.75) is 18.2 Å². The van der Waals surface area contributed by atoms with Crippen molar-refractivity contribution in [1.82, 2.24) is 25.4 Å². The first-order valence-corrected chi connectivity index (χ1v) is 10.7. The van der Waals surface area contributed by atoms with Crippen molar-refractivity contribution in [3.63, 3.8) is 0 Å². The third-order valence-electron chi connectivity index (χ3n) is 4.39. The van der Waals surface area contributed by atoms with Gasteiger partial charge < -0.3 is 4.98 Å². The van der Waals surface area contributed by atoms with Crippen molar-refractivity contribution in [3.05, 3.63) is 58.5 Å². The summed E-state index contributed by atoms with van der Waals surface area (Å²) in [6, 6.07) is 11.1. The van der Waals surface area contributed by atoms with Crippen molar-refractivity contribution >= 4 is 56.5 Å². The van der Waals surface area contributed by atoms with Crippen LogP contribution in [0.15, 0.2) is 47.1 Å². The van der Waals surface area contributed by atoms with Crippen molar-refractivity contribution < 1.29 is 14.4 Å². The van der Waals surface area contributed by atoms with E-state index in [1.807, 2.05) is 24.3 Å². The van der Waals surface area contributed by atoms with Crippen molar-refractivity contribution in [2.75, 3.05) is 5.75 Å². The number of ketones is 1. The molecule has 0 radical (unpaired) electrons. The highest BCUT2D eigenvalue weighted by Gasteiger charge is 2.35. The number of fused-ring (bicyclic) bond motifs is 1. The topological polar surface area (TPSA) is 108 Å². The van der Waals surface area contributed by atoms with Crippen LogP contribution >= 0.6 is 27.7 Å². The maximum absolute atomic E-state index is 12.4. The number of hydrogen-bond acceptors (Lipinski definition) is 6. The number of pyridine rings is 1. The number of aromatic nitrogens is 3. The number of imidazole rings is 1. The quantitative estimate of drug-likeness (QED) is 0.532. The Hall–Kier alpha value is -2.72. The van der Waals surface area contributed by atoms with E-state index in [4.69, 9.17) is 0 Å². The Morgan fingerprint density at radius 2 is 2.07 bits per heavy atom. The van der Waals surface area contributed by atoms with Crippen LogP contribution < -0.4 is 5.43 Å². The van der Waals surface area contributed by atoms with Crippen LogP contribution in [0.2, 0.25) is 0 Å². The molecule has 1 unspecified atom stereocenters. The van der Waals surface area contributed by atoms with Gasteiger partial charge in [-0.15, -0.1) is 11.8 Å². The molecular formula is C19H16BrN5O3S. The molecule has 0 spiro atoms. The maximum atomic E-state index is 12.4. The highest BCUT2D eigenvalue weighted by atomic mass is 79.9. The molecule has 1 aromatic carbocycles. The molecular weight excluding hydrogens is 458 g/mol. The zero-order chi connectivity index (χ0) is 20.4. The number of hydrazine groups is 1. The summed E-state index contributed by atoms with van der Waals surface area (Å²) in [5.74, 6) is -0.427. The smallest absolute Gasteiger partial charge is 0.252 e. The van der Waals surface area contributed by atoms with Crippen LogP contribution in [0.3, 0.4) is 0 Å². The van der Waals surface area contributed by atoms with Crippen LogP contribution in [0.1, 0.15) is 34.4 Å². The second kappa shape index (κ2) is 8.34. The van der Waals surface area contributed by atoms with Crippen LogP contribution in [0, 0.1) is 0 Å². The summed E-state index contributed by atoms with van der Waals surface area (Å²) in [4.78, 5) is 48.1. The molecule has 3 aromatic rings. The van der Waals surface area contributed by atoms with Crippen LogP contribution in [0.5, 0.6) is 0 Å². The Bertz CT molecular complexity index is 1070. The number of hydrogen-bond donors (Lipinski definition) is 2. The molecule has 2 aromatic heterocycles. The largest absolute Gasteiger partial charge is 0.334 e. The molecule has 8 nitrogen and oxygen atoms in total. The lowest BCUT2D eigenvalue weighted by Crippen LogP contribution is -2.44. The molecule has 1 fully saturated rings. The van der Waals surface area contributed by atoms with Gasteiger partial charge in [-0.3, -0.25) is 19.8 Å². The number of carbonyl (C=O) groups excluding carboxylic acids is 3. The lowest BCUT2D eigenvalue weighted by molar-refractivity contribution is -0.139. The third kappa shape index (κ3) is 4.18. The summed E-state index contributed by atoms with van der Waals surface area (Å²) in [6.45, 7) is 0. The number of rotatable bonds is 6. The highest BCUT2D eigenvalue weighted by molar-refractivity contribution is 9.10. The maximum Gasteiger partial charge on any atom is 0.252 e. The Balaban J connectivity index is 1.39. The van der Waals surface area contributed by atoms with Crippen molar-refractivity contribution in [2.24, 2.45) is 0 Å². The minimum atomic E-state index is -0.402. The number of amides is 2. The minimum Gasteiger partial charge on any atom is -0.334 e. The number of Topliss-reactive ketones (excluding diaryl/α,β-unsaturated/α-hetero) is 1. The molecule has 10 heteroatoms. The molecule has 0 saturated carbocycles. The first-order valence-electron chi connectivity index (χ1n) is 8.84. The zero-order valence-electron chi connectivity index (χ0n) is 15.1. The van der Waals surface area contributed by atoms with Gasteiger partial charge in [0.05, 0.1) is 11.3 Å². The second-order valence-corrected chi connectivity index (χ2v) is 8.29. The molecule has 1 aliphatic rings. The molecule has 148 valence electrons. The summed E-state index contributed by atoms with van der Waals surface area (Å²) in [6.07, 6.45) is 1.51. The average molecular weight is 474 g/mol. The summed E-state index contributed by atoms with van der Waals surface area (Å²) >= 11 is 4.92. The van der Waals surface area contributed by atoms with E-state index in [-0.39, 0.29) is 41.5 Å².